The highest BCUT2D eigenvalue weighted by Crippen LogP contribution is 2.26. The lowest BCUT2D eigenvalue weighted by Gasteiger charge is -2.01. The summed E-state index contributed by atoms with van der Waals surface area (Å²) in [5, 5.41) is 3.52. The summed E-state index contributed by atoms with van der Waals surface area (Å²) < 4.78 is 5.15. The number of aromatic nitrogens is 1. The number of carbonyl (C=O) groups is 1. The molecule has 0 aliphatic rings. The van der Waals surface area contributed by atoms with Crippen molar-refractivity contribution in [1.29, 1.82) is 0 Å². The number of nitrogens with one attached hydrogen (secondary N) is 2. The molecule has 1 aromatic carbocycles. The molecule has 2 rings (SSSR count). The molecular weight excluding hydrogens is 204 g/mol. The number of carbonyl (C=O) groups excluding carboxylic acids is 1. The van der Waals surface area contributed by atoms with Gasteiger partial charge in [0.05, 0.1) is 12.7 Å². The lowest BCUT2D eigenvalue weighted by molar-refractivity contribution is 0.0964. The summed E-state index contributed by atoms with van der Waals surface area (Å²) >= 11 is 0. The van der Waals surface area contributed by atoms with E-state index < -0.39 is 0 Å². The monoisotopic (exact) mass is 218 g/mol. The van der Waals surface area contributed by atoms with Crippen LogP contribution in [0.2, 0.25) is 0 Å². The van der Waals surface area contributed by atoms with Gasteiger partial charge >= 0.3 is 0 Å². The highest BCUT2D eigenvalue weighted by atomic mass is 16.5. The van der Waals surface area contributed by atoms with Gasteiger partial charge in [-0.25, -0.2) is 0 Å². The number of rotatable bonds is 2. The summed E-state index contributed by atoms with van der Waals surface area (Å²) in [6.07, 6.45) is 0. The third-order valence-electron chi connectivity index (χ3n) is 2.65. The number of aryl methyl sites for hydroxylation is 1. The first-order valence-electron chi connectivity index (χ1n) is 5.05. The zero-order valence-electron chi connectivity index (χ0n) is 9.55. The van der Waals surface area contributed by atoms with Crippen molar-refractivity contribution >= 4 is 16.8 Å². The van der Waals surface area contributed by atoms with Crippen LogP contribution >= 0.6 is 0 Å². The van der Waals surface area contributed by atoms with Gasteiger partial charge in [0, 0.05) is 23.6 Å². The zero-order chi connectivity index (χ0) is 11.7. The predicted molar refractivity (Wildman–Crippen MR) is 63.0 cm³/mol. The molecule has 0 saturated carbocycles. The van der Waals surface area contributed by atoms with Crippen molar-refractivity contribution in [3.05, 3.63) is 29.5 Å². The predicted octanol–water partition coefficient (Wildman–Crippen LogP) is 1.84. The largest absolute Gasteiger partial charge is 0.497 e. The van der Waals surface area contributed by atoms with Gasteiger partial charge in [-0.15, -0.1) is 0 Å². The summed E-state index contributed by atoms with van der Waals surface area (Å²) in [7, 11) is 3.24. The van der Waals surface area contributed by atoms with Crippen LogP contribution in [0.1, 0.15) is 16.1 Å². The fourth-order valence-electron chi connectivity index (χ4n) is 1.85. The fraction of sp³-hybridized carbons (Fsp3) is 0.250. The lowest BCUT2D eigenvalue weighted by atomic mass is 10.1. The number of amides is 1. The number of ether oxygens (including phenoxy) is 1. The number of methoxy groups -OCH3 is 1. The van der Waals surface area contributed by atoms with Gasteiger partial charge in [-0.3, -0.25) is 4.79 Å². The molecule has 84 valence electrons. The van der Waals surface area contributed by atoms with Gasteiger partial charge in [-0.2, -0.15) is 0 Å². The zero-order valence-corrected chi connectivity index (χ0v) is 9.55. The Kier molecular flexibility index (Phi) is 2.56. The molecule has 1 amide bonds. The minimum atomic E-state index is -0.0861. The minimum Gasteiger partial charge on any atom is -0.497 e. The third kappa shape index (κ3) is 1.52. The molecule has 0 radical (unpaired) electrons. The fourth-order valence-corrected chi connectivity index (χ4v) is 1.85. The summed E-state index contributed by atoms with van der Waals surface area (Å²) in [5.41, 5.74) is 2.48. The SMILES string of the molecule is CNC(=O)c1c(C)[nH]c2ccc(OC)cc12. The quantitative estimate of drug-likeness (QED) is 0.808. The average molecular weight is 218 g/mol. The summed E-state index contributed by atoms with van der Waals surface area (Å²) in [6, 6.07) is 5.64. The van der Waals surface area contributed by atoms with Crippen molar-refractivity contribution in [2.75, 3.05) is 14.2 Å². The van der Waals surface area contributed by atoms with Crippen molar-refractivity contribution in [3.63, 3.8) is 0 Å². The Hall–Kier alpha value is -1.97. The molecule has 0 saturated heterocycles. The summed E-state index contributed by atoms with van der Waals surface area (Å²) in [4.78, 5) is 14.9. The van der Waals surface area contributed by atoms with Gasteiger partial charge in [-0.1, -0.05) is 0 Å². The van der Waals surface area contributed by atoms with Crippen LogP contribution in [0.5, 0.6) is 5.75 Å². The molecular formula is C12H14N2O2. The normalized spacial score (nSPS) is 10.4. The number of aromatic amines is 1. The maximum absolute atomic E-state index is 11.7. The molecule has 0 aliphatic heterocycles. The van der Waals surface area contributed by atoms with Crippen molar-refractivity contribution in [3.8, 4) is 5.75 Å². The Balaban J connectivity index is 2.70. The molecule has 2 N–H and O–H groups in total. The molecule has 4 heteroatoms. The molecule has 0 unspecified atom stereocenters. The van der Waals surface area contributed by atoms with Crippen LogP contribution in [0, 0.1) is 6.92 Å². The maximum Gasteiger partial charge on any atom is 0.253 e. The van der Waals surface area contributed by atoms with Gasteiger partial charge in [0.15, 0.2) is 0 Å². The van der Waals surface area contributed by atoms with Crippen LogP contribution in [0.25, 0.3) is 10.9 Å². The van der Waals surface area contributed by atoms with Crippen molar-refractivity contribution in [2.45, 2.75) is 6.92 Å². The molecule has 0 fully saturated rings. The first-order chi connectivity index (χ1) is 7.67. The first-order valence-corrected chi connectivity index (χ1v) is 5.05. The Bertz CT molecular complexity index is 543. The average Bonchev–Trinajstić information content (AvgIpc) is 2.63. The Morgan fingerprint density at radius 3 is 2.81 bits per heavy atom. The number of benzene rings is 1. The maximum atomic E-state index is 11.7. The second kappa shape index (κ2) is 3.89. The second-order valence-corrected chi connectivity index (χ2v) is 3.62. The van der Waals surface area contributed by atoms with Crippen LogP contribution in [-0.4, -0.2) is 25.0 Å². The van der Waals surface area contributed by atoms with Gasteiger partial charge in [0.2, 0.25) is 0 Å². The van der Waals surface area contributed by atoms with Gasteiger partial charge < -0.3 is 15.0 Å². The Labute approximate surface area is 93.6 Å². The minimum absolute atomic E-state index is 0.0861. The van der Waals surface area contributed by atoms with Crippen molar-refractivity contribution in [2.24, 2.45) is 0 Å². The molecule has 1 heterocycles. The van der Waals surface area contributed by atoms with E-state index in [0.29, 0.717) is 5.56 Å². The number of hydrogen-bond acceptors (Lipinski definition) is 2. The van der Waals surface area contributed by atoms with Crippen LogP contribution in [0.4, 0.5) is 0 Å². The molecule has 0 bridgehead atoms. The third-order valence-corrected chi connectivity index (χ3v) is 2.65. The van der Waals surface area contributed by atoms with Crippen LogP contribution in [0.15, 0.2) is 18.2 Å². The van der Waals surface area contributed by atoms with E-state index in [1.807, 2.05) is 25.1 Å². The van der Waals surface area contributed by atoms with Crippen LogP contribution in [-0.2, 0) is 0 Å². The Morgan fingerprint density at radius 1 is 1.44 bits per heavy atom. The van der Waals surface area contributed by atoms with E-state index in [2.05, 4.69) is 10.3 Å². The number of hydrogen-bond donors (Lipinski definition) is 2. The van der Waals surface area contributed by atoms with E-state index in [0.717, 1.165) is 22.3 Å². The number of H-pyrrole nitrogens is 1. The molecule has 0 aliphatic carbocycles. The van der Waals surface area contributed by atoms with Crippen LogP contribution < -0.4 is 10.1 Å². The van der Waals surface area contributed by atoms with E-state index in [1.54, 1.807) is 14.2 Å². The molecule has 2 aromatic rings. The van der Waals surface area contributed by atoms with E-state index in [-0.39, 0.29) is 5.91 Å². The first kappa shape index (κ1) is 10.5. The van der Waals surface area contributed by atoms with Gasteiger partial charge in [0.25, 0.3) is 5.91 Å². The van der Waals surface area contributed by atoms with E-state index in [4.69, 9.17) is 4.74 Å². The van der Waals surface area contributed by atoms with Gasteiger partial charge in [0.1, 0.15) is 5.75 Å². The van der Waals surface area contributed by atoms with Gasteiger partial charge in [-0.05, 0) is 25.1 Å². The number of fused-ring (bicyclic) bond motifs is 1. The highest BCUT2D eigenvalue weighted by Gasteiger charge is 2.14. The topological polar surface area (TPSA) is 54.1 Å². The standard InChI is InChI=1S/C12H14N2O2/c1-7-11(12(15)13-2)9-6-8(16-3)4-5-10(9)14-7/h4-6,14H,1-3H3,(H,13,15). The highest BCUT2D eigenvalue weighted by molar-refractivity contribution is 6.08. The van der Waals surface area contributed by atoms with E-state index in [1.165, 1.54) is 0 Å². The second-order valence-electron chi connectivity index (χ2n) is 3.62. The van der Waals surface area contributed by atoms with Crippen LogP contribution in [0.3, 0.4) is 0 Å². The molecule has 16 heavy (non-hydrogen) atoms. The molecule has 1 aromatic heterocycles. The van der Waals surface area contributed by atoms with Crippen molar-refractivity contribution < 1.29 is 9.53 Å². The summed E-state index contributed by atoms with van der Waals surface area (Å²) in [6.45, 7) is 1.89. The lowest BCUT2D eigenvalue weighted by Crippen LogP contribution is -2.18. The van der Waals surface area contributed by atoms with E-state index >= 15 is 0 Å². The molecule has 0 spiro atoms. The Morgan fingerprint density at radius 2 is 2.19 bits per heavy atom. The van der Waals surface area contributed by atoms with Crippen molar-refractivity contribution in [1.82, 2.24) is 10.3 Å². The molecule has 0 atom stereocenters. The van der Waals surface area contributed by atoms with E-state index in [9.17, 15) is 4.79 Å². The smallest absolute Gasteiger partial charge is 0.253 e. The summed E-state index contributed by atoms with van der Waals surface area (Å²) in [5.74, 6) is 0.661. The molecule has 4 nitrogen and oxygen atoms in total.